The van der Waals surface area contributed by atoms with Crippen molar-refractivity contribution in [3.63, 3.8) is 0 Å². The van der Waals surface area contributed by atoms with E-state index >= 15 is 0 Å². The Labute approximate surface area is 326 Å². The number of thioether (sulfide) groups is 1. The van der Waals surface area contributed by atoms with Crippen molar-refractivity contribution in [1.82, 2.24) is 0 Å². The fraction of sp³-hybridized carbons (Fsp3) is 0.535. The van der Waals surface area contributed by atoms with Gasteiger partial charge in [-0.05, 0) is 30.0 Å². The zero-order valence-electron chi connectivity index (χ0n) is 32.0. The highest BCUT2D eigenvalue weighted by Crippen LogP contribution is 2.48. The van der Waals surface area contributed by atoms with Gasteiger partial charge in [0.05, 0.1) is 104 Å². The topological polar surface area (TPSA) is 108 Å². The Bertz CT molecular complexity index is 1250. The van der Waals surface area contributed by atoms with Crippen LogP contribution < -0.4 is 0 Å². The molecule has 0 amide bonds. The molecule has 0 atom stereocenters. The Morgan fingerprint density at radius 2 is 0.741 bits per heavy atom. The zero-order valence-corrected chi connectivity index (χ0v) is 32.8. The Morgan fingerprint density at radius 1 is 0.426 bits per heavy atom. The lowest BCUT2D eigenvalue weighted by molar-refractivity contribution is -0.119. The highest BCUT2D eigenvalue weighted by Gasteiger charge is 2.36. The molecule has 0 aromatic heterocycles. The fourth-order valence-electron chi connectivity index (χ4n) is 5.44. The van der Waals surface area contributed by atoms with Gasteiger partial charge in [-0.1, -0.05) is 91.0 Å². The summed E-state index contributed by atoms with van der Waals surface area (Å²) >= 11 is 1.82. The van der Waals surface area contributed by atoms with Crippen LogP contribution in [0.25, 0.3) is 0 Å². The summed E-state index contributed by atoms with van der Waals surface area (Å²) in [5, 5.41) is 0. The standard InChI is InChI=1S/C43H60O10S/c1-38(44)19-22-47-24-26-49-28-30-51-32-34-53-36-35-52-33-31-50-29-27-48-25-23-46-21-11-18-42(45)20-37-54-43(39-12-5-2-6-13-39,40-14-7-3-8-15-40)41-16-9-4-10-17-41/h2-10,12-17H,11,18-37H2,1H3. The van der Waals surface area contributed by atoms with Crippen molar-refractivity contribution in [3.05, 3.63) is 108 Å². The van der Waals surface area contributed by atoms with Crippen molar-refractivity contribution < 1.29 is 47.5 Å². The summed E-state index contributed by atoms with van der Waals surface area (Å²) in [6.07, 6.45) is 2.16. The average Bonchev–Trinajstić information content (AvgIpc) is 3.20. The van der Waals surface area contributed by atoms with Crippen LogP contribution in [0.15, 0.2) is 91.0 Å². The van der Waals surface area contributed by atoms with E-state index in [1.807, 2.05) is 30.0 Å². The van der Waals surface area contributed by atoms with Crippen molar-refractivity contribution in [2.24, 2.45) is 0 Å². The highest BCUT2D eigenvalue weighted by molar-refractivity contribution is 8.00. The van der Waals surface area contributed by atoms with Crippen molar-refractivity contribution in [1.29, 1.82) is 0 Å². The molecule has 298 valence electrons. The Morgan fingerprint density at radius 3 is 1.07 bits per heavy atom. The number of ketones is 2. The molecule has 0 bridgehead atoms. The minimum Gasteiger partial charge on any atom is -0.379 e. The first kappa shape index (κ1) is 45.4. The average molecular weight is 769 g/mol. The van der Waals surface area contributed by atoms with E-state index in [2.05, 4.69) is 72.8 Å². The Balaban J connectivity index is 1.11. The maximum Gasteiger partial charge on any atom is 0.133 e. The molecular weight excluding hydrogens is 709 g/mol. The second kappa shape index (κ2) is 30.3. The molecule has 3 rings (SSSR count). The highest BCUT2D eigenvalue weighted by atomic mass is 32.2. The molecule has 0 fully saturated rings. The SMILES string of the molecule is CC(=O)CCOCCOCCOCCOCCOCCOCCOCCOCCCC(=O)CCSC(c1ccccc1)(c1ccccc1)c1ccccc1. The predicted molar refractivity (Wildman–Crippen MR) is 212 cm³/mol. The van der Waals surface area contributed by atoms with Gasteiger partial charge in [0.15, 0.2) is 0 Å². The third-order valence-electron chi connectivity index (χ3n) is 8.19. The number of benzene rings is 3. The minimum absolute atomic E-state index is 0.124. The number of hydrogen-bond acceptors (Lipinski definition) is 11. The normalized spacial score (nSPS) is 11.6. The predicted octanol–water partition coefficient (Wildman–Crippen LogP) is 6.56. The summed E-state index contributed by atoms with van der Waals surface area (Å²) in [5.41, 5.74) is 3.61. The van der Waals surface area contributed by atoms with Crippen molar-refractivity contribution in [2.75, 3.05) is 111 Å². The molecule has 0 unspecified atom stereocenters. The summed E-state index contributed by atoms with van der Waals surface area (Å²) in [7, 11) is 0. The molecule has 11 heteroatoms. The first-order valence-electron chi connectivity index (χ1n) is 19.1. The van der Waals surface area contributed by atoms with Crippen LogP contribution >= 0.6 is 11.8 Å². The molecule has 0 aliphatic rings. The number of Topliss-reactive ketones (excluding diaryl/α,β-unsaturated/α-hetero) is 2. The van der Waals surface area contributed by atoms with E-state index in [4.69, 9.17) is 37.9 Å². The van der Waals surface area contributed by atoms with E-state index < -0.39 is 4.75 Å². The lowest BCUT2D eigenvalue weighted by Gasteiger charge is -2.35. The molecule has 0 saturated carbocycles. The van der Waals surface area contributed by atoms with Crippen LogP contribution in [-0.4, -0.2) is 123 Å². The maximum atomic E-state index is 12.8. The van der Waals surface area contributed by atoms with Gasteiger partial charge < -0.3 is 37.9 Å². The van der Waals surface area contributed by atoms with Crippen LogP contribution in [0.4, 0.5) is 0 Å². The smallest absolute Gasteiger partial charge is 0.133 e. The van der Waals surface area contributed by atoms with E-state index in [0.717, 1.165) is 0 Å². The van der Waals surface area contributed by atoms with Crippen LogP contribution in [-0.2, 0) is 52.2 Å². The first-order chi connectivity index (χ1) is 26.6. The maximum absolute atomic E-state index is 12.8. The Kier molecular flexibility index (Phi) is 25.5. The number of carbonyl (C=O) groups is 2. The molecule has 0 radical (unpaired) electrons. The molecule has 10 nitrogen and oxygen atoms in total. The molecule has 0 saturated heterocycles. The summed E-state index contributed by atoms with van der Waals surface area (Å²) in [6, 6.07) is 31.7. The summed E-state index contributed by atoms with van der Waals surface area (Å²) in [5.74, 6) is 1.09. The molecule has 0 aliphatic carbocycles. The van der Waals surface area contributed by atoms with Gasteiger partial charge in [-0.25, -0.2) is 0 Å². The van der Waals surface area contributed by atoms with Crippen molar-refractivity contribution in [3.8, 4) is 0 Å². The second-order valence-corrected chi connectivity index (χ2v) is 13.7. The lowest BCUT2D eigenvalue weighted by Crippen LogP contribution is -2.26. The molecule has 3 aromatic carbocycles. The summed E-state index contributed by atoms with van der Waals surface area (Å²) in [4.78, 5) is 23.7. The molecule has 0 heterocycles. The number of hydrogen-bond donors (Lipinski definition) is 0. The van der Waals surface area contributed by atoms with Crippen LogP contribution in [0.5, 0.6) is 0 Å². The third kappa shape index (κ3) is 19.6. The lowest BCUT2D eigenvalue weighted by atomic mass is 9.84. The van der Waals surface area contributed by atoms with Crippen LogP contribution in [0.1, 0.15) is 49.3 Å². The largest absolute Gasteiger partial charge is 0.379 e. The molecule has 0 N–H and O–H groups in total. The first-order valence-corrected chi connectivity index (χ1v) is 20.0. The van der Waals surface area contributed by atoms with Gasteiger partial charge in [-0.3, -0.25) is 9.59 Å². The van der Waals surface area contributed by atoms with Gasteiger partial charge in [0.2, 0.25) is 0 Å². The van der Waals surface area contributed by atoms with Gasteiger partial charge in [0, 0.05) is 31.6 Å². The fourth-order valence-corrected chi connectivity index (χ4v) is 6.98. The summed E-state index contributed by atoms with van der Waals surface area (Å²) in [6.45, 7) is 9.35. The number of ether oxygens (including phenoxy) is 8. The van der Waals surface area contributed by atoms with E-state index in [1.54, 1.807) is 6.92 Å². The number of rotatable bonds is 35. The van der Waals surface area contributed by atoms with E-state index in [9.17, 15) is 9.59 Å². The van der Waals surface area contributed by atoms with Gasteiger partial charge in [-0.15, -0.1) is 11.8 Å². The molecule has 0 spiro atoms. The minimum atomic E-state index is -0.410. The van der Waals surface area contributed by atoms with Gasteiger partial charge in [0.25, 0.3) is 0 Å². The summed E-state index contributed by atoms with van der Waals surface area (Å²) < 4.78 is 43.5. The third-order valence-corrected chi connectivity index (χ3v) is 9.74. The molecule has 3 aromatic rings. The van der Waals surface area contributed by atoms with Crippen LogP contribution in [0, 0.1) is 0 Å². The van der Waals surface area contributed by atoms with E-state index in [1.165, 1.54) is 16.7 Å². The molecule has 54 heavy (non-hydrogen) atoms. The van der Waals surface area contributed by atoms with Gasteiger partial charge in [0.1, 0.15) is 11.6 Å². The monoisotopic (exact) mass is 768 g/mol. The van der Waals surface area contributed by atoms with Crippen LogP contribution in [0.2, 0.25) is 0 Å². The molecular formula is C43H60O10S. The van der Waals surface area contributed by atoms with Crippen molar-refractivity contribution >= 4 is 23.3 Å². The quantitative estimate of drug-likeness (QED) is 0.0480. The number of carbonyl (C=O) groups excluding carboxylic acids is 2. The van der Waals surface area contributed by atoms with Crippen molar-refractivity contribution in [2.45, 2.75) is 37.4 Å². The van der Waals surface area contributed by atoms with Crippen LogP contribution in [0.3, 0.4) is 0 Å². The van der Waals surface area contributed by atoms with E-state index in [0.29, 0.717) is 137 Å². The second-order valence-electron chi connectivity index (χ2n) is 12.4. The van der Waals surface area contributed by atoms with Gasteiger partial charge >= 0.3 is 0 Å². The zero-order chi connectivity index (χ0) is 38.2. The van der Waals surface area contributed by atoms with E-state index in [-0.39, 0.29) is 11.6 Å². The van der Waals surface area contributed by atoms with Gasteiger partial charge in [-0.2, -0.15) is 0 Å². The Hall–Kier alpha value is -2.97. The molecule has 0 aliphatic heterocycles.